The molecule has 1 heterocycles. The second-order valence-corrected chi connectivity index (χ2v) is 6.19. The lowest BCUT2D eigenvalue weighted by Gasteiger charge is -2.15. The number of nitriles is 1. The minimum atomic E-state index is 0.173. The third-order valence-electron chi connectivity index (χ3n) is 3.81. The Labute approximate surface area is 156 Å². The molecule has 6 nitrogen and oxygen atoms in total. The van der Waals surface area contributed by atoms with Crippen molar-refractivity contribution in [2.45, 2.75) is 13.8 Å². The van der Waals surface area contributed by atoms with Gasteiger partial charge in [0.25, 0.3) is 0 Å². The van der Waals surface area contributed by atoms with Gasteiger partial charge in [0, 0.05) is 11.4 Å². The van der Waals surface area contributed by atoms with Crippen LogP contribution in [0.3, 0.4) is 0 Å². The van der Waals surface area contributed by atoms with Gasteiger partial charge in [0.1, 0.15) is 10.8 Å². The van der Waals surface area contributed by atoms with E-state index in [1.165, 1.54) is 0 Å². The standard InChI is InChI=1S/C19H17ClN6/c1-11-8-13(10-21)9-12(2)16(11)24-18-15(20)17(22)25-19(26-18)23-14-6-4-3-5-7-14/h3-9H,1-2H3,(H4,22,23,24,25,26). The number of para-hydroxylation sites is 1. The first-order valence-electron chi connectivity index (χ1n) is 7.91. The molecular formula is C19H17ClN6. The summed E-state index contributed by atoms with van der Waals surface area (Å²) in [7, 11) is 0. The highest BCUT2D eigenvalue weighted by atomic mass is 35.5. The highest BCUT2D eigenvalue weighted by Crippen LogP contribution is 2.32. The maximum absolute atomic E-state index is 9.09. The summed E-state index contributed by atoms with van der Waals surface area (Å²) in [6.07, 6.45) is 0. The van der Waals surface area contributed by atoms with Crippen molar-refractivity contribution >= 4 is 40.6 Å². The second kappa shape index (κ2) is 7.30. The zero-order valence-corrected chi connectivity index (χ0v) is 15.1. The zero-order valence-electron chi connectivity index (χ0n) is 14.3. The van der Waals surface area contributed by atoms with Crippen molar-refractivity contribution in [2.75, 3.05) is 16.4 Å². The summed E-state index contributed by atoms with van der Waals surface area (Å²) in [5.74, 6) is 0.907. The monoisotopic (exact) mass is 364 g/mol. The van der Waals surface area contributed by atoms with E-state index in [2.05, 4.69) is 26.7 Å². The lowest BCUT2D eigenvalue weighted by molar-refractivity contribution is 1.17. The predicted octanol–water partition coefficient (Wildman–Crippen LogP) is 4.69. The van der Waals surface area contributed by atoms with Gasteiger partial charge in [0.2, 0.25) is 5.95 Å². The fourth-order valence-corrected chi connectivity index (χ4v) is 2.73. The molecule has 0 saturated carbocycles. The van der Waals surface area contributed by atoms with E-state index in [1.807, 2.05) is 44.2 Å². The first kappa shape index (κ1) is 17.5. The number of aryl methyl sites for hydroxylation is 2. The summed E-state index contributed by atoms with van der Waals surface area (Å²) in [6, 6.07) is 15.3. The Kier molecular flexibility index (Phi) is 4.92. The van der Waals surface area contributed by atoms with Gasteiger partial charge < -0.3 is 16.4 Å². The van der Waals surface area contributed by atoms with Gasteiger partial charge in [-0.1, -0.05) is 29.8 Å². The van der Waals surface area contributed by atoms with Gasteiger partial charge in [-0.25, -0.2) is 0 Å². The van der Waals surface area contributed by atoms with Crippen LogP contribution < -0.4 is 16.4 Å². The van der Waals surface area contributed by atoms with E-state index in [-0.39, 0.29) is 10.8 Å². The van der Waals surface area contributed by atoms with Gasteiger partial charge in [0.15, 0.2) is 5.82 Å². The number of anilines is 5. The van der Waals surface area contributed by atoms with Crippen LogP contribution in [0.25, 0.3) is 0 Å². The van der Waals surface area contributed by atoms with Gasteiger partial charge in [-0.15, -0.1) is 0 Å². The highest BCUT2D eigenvalue weighted by Gasteiger charge is 2.14. The fourth-order valence-electron chi connectivity index (χ4n) is 2.60. The lowest BCUT2D eigenvalue weighted by Crippen LogP contribution is -2.06. The van der Waals surface area contributed by atoms with Crippen LogP contribution in [-0.4, -0.2) is 9.97 Å². The van der Waals surface area contributed by atoms with E-state index >= 15 is 0 Å². The van der Waals surface area contributed by atoms with Crippen LogP contribution in [0.4, 0.5) is 29.0 Å². The molecule has 4 N–H and O–H groups in total. The Morgan fingerprint density at radius 2 is 1.69 bits per heavy atom. The number of nitrogens with two attached hydrogens (primary N) is 1. The van der Waals surface area contributed by atoms with Gasteiger partial charge in [-0.2, -0.15) is 15.2 Å². The molecule has 0 radical (unpaired) electrons. The SMILES string of the molecule is Cc1cc(C#N)cc(C)c1Nc1nc(Nc2ccccc2)nc(N)c1Cl. The average molecular weight is 365 g/mol. The number of benzene rings is 2. The molecular weight excluding hydrogens is 348 g/mol. The molecule has 0 saturated heterocycles. The molecule has 0 amide bonds. The molecule has 0 bridgehead atoms. The summed E-state index contributed by atoms with van der Waals surface area (Å²) in [5, 5.41) is 15.6. The van der Waals surface area contributed by atoms with Crippen LogP contribution >= 0.6 is 11.6 Å². The van der Waals surface area contributed by atoms with E-state index in [4.69, 9.17) is 22.6 Å². The van der Waals surface area contributed by atoms with Crippen molar-refractivity contribution in [3.63, 3.8) is 0 Å². The Morgan fingerprint density at radius 3 is 2.31 bits per heavy atom. The maximum atomic E-state index is 9.09. The van der Waals surface area contributed by atoms with Gasteiger partial charge in [-0.3, -0.25) is 0 Å². The summed E-state index contributed by atoms with van der Waals surface area (Å²) in [6.45, 7) is 3.83. The molecule has 7 heteroatoms. The normalized spacial score (nSPS) is 10.2. The molecule has 2 aromatic carbocycles. The third-order valence-corrected chi connectivity index (χ3v) is 4.18. The smallest absolute Gasteiger partial charge is 0.231 e. The summed E-state index contributed by atoms with van der Waals surface area (Å²) >= 11 is 6.29. The number of aromatic nitrogens is 2. The first-order chi connectivity index (χ1) is 12.5. The number of hydrogen-bond acceptors (Lipinski definition) is 6. The Morgan fingerprint density at radius 1 is 1.04 bits per heavy atom. The van der Waals surface area contributed by atoms with E-state index in [0.29, 0.717) is 17.3 Å². The summed E-state index contributed by atoms with van der Waals surface area (Å²) in [5.41, 5.74) is 10.0. The van der Waals surface area contributed by atoms with E-state index < -0.39 is 0 Å². The maximum Gasteiger partial charge on any atom is 0.231 e. The van der Waals surface area contributed by atoms with E-state index in [0.717, 1.165) is 22.5 Å². The number of halogens is 1. The van der Waals surface area contributed by atoms with Gasteiger partial charge >= 0.3 is 0 Å². The van der Waals surface area contributed by atoms with Crippen LogP contribution in [0.5, 0.6) is 0 Å². The summed E-state index contributed by atoms with van der Waals surface area (Å²) in [4.78, 5) is 8.62. The Bertz CT molecular complexity index is 972. The number of nitrogens with zero attached hydrogens (tertiary/aromatic N) is 3. The van der Waals surface area contributed by atoms with Crippen LogP contribution in [0, 0.1) is 25.2 Å². The van der Waals surface area contributed by atoms with Crippen LogP contribution in [0.2, 0.25) is 5.02 Å². The van der Waals surface area contributed by atoms with Crippen molar-refractivity contribution in [1.82, 2.24) is 9.97 Å². The molecule has 3 aromatic rings. The van der Waals surface area contributed by atoms with Crippen molar-refractivity contribution in [3.05, 3.63) is 64.2 Å². The van der Waals surface area contributed by atoms with E-state index in [1.54, 1.807) is 12.1 Å². The zero-order chi connectivity index (χ0) is 18.7. The minimum absolute atomic E-state index is 0.173. The summed E-state index contributed by atoms with van der Waals surface area (Å²) < 4.78 is 0. The van der Waals surface area contributed by atoms with Crippen LogP contribution in [0.1, 0.15) is 16.7 Å². The van der Waals surface area contributed by atoms with Gasteiger partial charge in [0.05, 0.1) is 11.6 Å². The number of nitrogen functional groups attached to an aromatic ring is 1. The topological polar surface area (TPSA) is 99.6 Å². The van der Waals surface area contributed by atoms with Crippen molar-refractivity contribution < 1.29 is 0 Å². The molecule has 0 aliphatic rings. The predicted molar refractivity (Wildman–Crippen MR) is 105 cm³/mol. The first-order valence-corrected chi connectivity index (χ1v) is 8.29. The molecule has 130 valence electrons. The molecule has 0 unspecified atom stereocenters. The number of rotatable bonds is 4. The molecule has 1 aromatic heterocycles. The number of nitrogens with one attached hydrogen (secondary N) is 2. The second-order valence-electron chi connectivity index (χ2n) is 5.81. The van der Waals surface area contributed by atoms with Crippen molar-refractivity contribution in [2.24, 2.45) is 0 Å². The number of hydrogen-bond donors (Lipinski definition) is 3. The Balaban J connectivity index is 1.97. The lowest BCUT2D eigenvalue weighted by atomic mass is 10.0. The van der Waals surface area contributed by atoms with Crippen molar-refractivity contribution in [3.8, 4) is 6.07 Å². The fraction of sp³-hybridized carbons (Fsp3) is 0.105. The molecule has 0 fully saturated rings. The largest absolute Gasteiger partial charge is 0.382 e. The third kappa shape index (κ3) is 3.68. The molecule has 0 atom stereocenters. The van der Waals surface area contributed by atoms with Crippen molar-refractivity contribution in [1.29, 1.82) is 5.26 Å². The molecule has 0 aliphatic carbocycles. The van der Waals surface area contributed by atoms with Crippen LogP contribution in [-0.2, 0) is 0 Å². The Hall–Kier alpha value is -3.30. The molecule has 26 heavy (non-hydrogen) atoms. The molecule has 0 aliphatic heterocycles. The molecule has 3 rings (SSSR count). The van der Waals surface area contributed by atoms with Gasteiger partial charge in [-0.05, 0) is 49.2 Å². The quantitative estimate of drug-likeness (QED) is 0.621. The highest BCUT2D eigenvalue weighted by molar-refractivity contribution is 6.35. The van der Waals surface area contributed by atoms with E-state index in [9.17, 15) is 0 Å². The average Bonchev–Trinajstić information content (AvgIpc) is 2.62. The van der Waals surface area contributed by atoms with Crippen LogP contribution in [0.15, 0.2) is 42.5 Å². The molecule has 0 spiro atoms. The minimum Gasteiger partial charge on any atom is -0.382 e.